The Balaban J connectivity index is 2.10. The van der Waals surface area contributed by atoms with Crippen molar-refractivity contribution in [3.05, 3.63) is 29.6 Å². The van der Waals surface area contributed by atoms with Crippen LogP contribution in [0.1, 0.15) is 18.9 Å². The van der Waals surface area contributed by atoms with Gasteiger partial charge < -0.3 is 10.6 Å². The van der Waals surface area contributed by atoms with Gasteiger partial charge >= 0.3 is 0 Å². The van der Waals surface area contributed by atoms with E-state index >= 15 is 0 Å². The van der Waals surface area contributed by atoms with Gasteiger partial charge in [-0.2, -0.15) is 0 Å². The van der Waals surface area contributed by atoms with E-state index in [1.54, 1.807) is 11.0 Å². The van der Waals surface area contributed by atoms with E-state index in [0.717, 1.165) is 12.0 Å². The van der Waals surface area contributed by atoms with Crippen LogP contribution in [0.25, 0.3) is 0 Å². The maximum Gasteiger partial charge on any atom is 0.153 e. The maximum atomic E-state index is 14.1. The molecule has 1 atom stereocenters. The van der Waals surface area contributed by atoms with Crippen LogP contribution in [0.2, 0.25) is 0 Å². The van der Waals surface area contributed by atoms with Crippen LogP contribution < -0.4 is 10.6 Å². The zero-order valence-electron chi connectivity index (χ0n) is 11.7. The molecule has 0 bridgehead atoms. The number of hydrogen-bond acceptors (Lipinski definition) is 4. The van der Waals surface area contributed by atoms with Gasteiger partial charge in [0.2, 0.25) is 0 Å². The lowest BCUT2D eigenvalue weighted by molar-refractivity contribution is 0.580. The van der Waals surface area contributed by atoms with E-state index in [1.807, 2.05) is 13.0 Å². The van der Waals surface area contributed by atoms with Crippen molar-refractivity contribution in [1.29, 1.82) is 0 Å². The Kier molecular flexibility index (Phi) is 4.65. The summed E-state index contributed by atoms with van der Waals surface area (Å²) >= 11 is 0. The van der Waals surface area contributed by atoms with E-state index in [1.165, 1.54) is 6.07 Å². The Morgan fingerprint density at radius 3 is 2.55 bits per heavy atom. The molecule has 1 unspecified atom stereocenters. The molecule has 6 heteroatoms. The normalized spacial score (nSPS) is 19.9. The lowest BCUT2D eigenvalue weighted by Gasteiger charge is -2.29. The fourth-order valence-electron chi connectivity index (χ4n) is 2.33. The highest BCUT2D eigenvalue weighted by Gasteiger charge is 2.23. The summed E-state index contributed by atoms with van der Waals surface area (Å²) in [6.07, 6.45) is 1.51. The summed E-state index contributed by atoms with van der Waals surface area (Å²) in [4.78, 5) is 1.79. The molecular formula is C14H21FN2O2S. The Hall–Kier alpha value is -1.14. The van der Waals surface area contributed by atoms with E-state index in [-0.39, 0.29) is 23.4 Å². The molecule has 1 aromatic rings. The fraction of sp³-hybridized carbons (Fsp3) is 0.571. The minimum Gasteiger partial charge on any atom is -0.367 e. The van der Waals surface area contributed by atoms with Gasteiger partial charge in [-0.3, -0.25) is 0 Å². The Morgan fingerprint density at radius 1 is 1.35 bits per heavy atom. The average Bonchev–Trinajstić information content (AvgIpc) is 2.39. The van der Waals surface area contributed by atoms with Gasteiger partial charge in [-0.15, -0.1) is 0 Å². The first-order valence-electron chi connectivity index (χ1n) is 6.90. The summed E-state index contributed by atoms with van der Waals surface area (Å²) in [5, 5.41) is 0. The molecule has 0 amide bonds. The molecular weight excluding hydrogens is 279 g/mol. The van der Waals surface area contributed by atoms with Gasteiger partial charge in [-0.25, -0.2) is 12.8 Å². The van der Waals surface area contributed by atoms with Crippen molar-refractivity contribution in [1.82, 2.24) is 0 Å². The van der Waals surface area contributed by atoms with Gasteiger partial charge in [0.05, 0.1) is 17.2 Å². The molecule has 0 radical (unpaired) electrons. The van der Waals surface area contributed by atoms with E-state index in [2.05, 4.69) is 0 Å². The molecule has 1 heterocycles. The average molecular weight is 300 g/mol. The second-order valence-corrected chi connectivity index (χ2v) is 7.60. The molecule has 1 aliphatic heterocycles. The smallest absolute Gasteiger partial charge is 0.153 e. The van der Waals surface area contributed by atoms with Crippen LogP contribution in [0.5, 0.6) is 0 Å². The molecule has 2 rings (SSSR count). The number of rotatable bonds is 4. The molecule has 1 aromatic carbocycles. The van der Waals surface area contributed by atoms with Crippen molar-refractivity contribution < 1.29 is 12.8 Å². The summed E-state index contributed by atoms with van der Waals surface area (Å²) in [6, 6.07) is 5.15. The topological polar surface area (TPSA) is 63.4 Å². The third kappa shape index (κ3) is 3.70. The second kappa shape index (κ2) is 6.10. The van der Waals surface area contributed by atoms with Gasteiger partial charge in [0, 0.05) is 19.1 Å². The molecule has 4 nitrogen and oxygen atoms in total. The van der Waals surface area contributed by atoms with Crippen LogP contribution in [-0.4, -0.2) is 39.1 Å². The van der Waals surface area contributed by atoms with Crippen molar-refractivity contribution in [3.8, 4) is 0 Å². The van der Waals surface area contributed by atoms with E-state index in [0.29, 0.717) is 25.2 Å². The fourth-order valence-corrected chi connectivity index (χ4v) is 3.54. The highest BCUT2D eigenvalue weighted by Crippen LogP contribution is 2.23. The third-order valence-corrected chi connectivity index (χ3v) is 5.33. The first kappa shape index (κ1) is 15.3. The minimum atomic E-state index is -2.94. The molecule has 112 valence electrons. The molecule has 1 aliphatic rings. The highest BCUT2D eigenvalue weighted by molar-refractivity contribution is 7.91. The van der Waals surface area contributed by atoms with Gasteiger partial charge in [-0.05, 0) is 30.5 Å². The molecule has 0 aliphatic carbocycles. The minimum absolute atomic E-state index is 0.0420. The Morgan fingerprint density at radius 2 is 2.00 bits per heavy atom. The molecule has 1 saturated heterocycles. The summed E-state index contributed by atoms with van der Waals surface area (Å²) in [5.41, 5.74) is 7.23. The van der Waals surface area contributed by atoms with Gasteiger partial charge in [0.1, 0.15) is 5.82 Å². The standard InChI is InChI=1S/C14H21FN2O2S/c1-2-12(16)9-11-3-4-14(13(15)10-11)17-5-7-20(18,19)8-6-17/h3-4,10,12H,2,5-9,16H2,1H3. The number of anilines is 1. The molecule has 20 heavy (non-hydrogen) atoms. The summed E-state index contributed by atoms with van der Waals surface area (Å²) in [6.45, 7) is 2.71. The van der Waals surface area contributed by atoms with E-state index in [9.17, 15) is 12.8 Å². The predicted octanol–water partition coefficient (Wildman–Crippen LogP) is 1.34. The van der Waals surface area contributed by atoms with Crippen LogP contribution >= 0.6 is 0 Å². The SMILES string of the molecule is CCC(N)Cc1ccc(N2CCS(=O)(=O)CC2)c(F)c1. The lowest BCUT2D eigenvalue weighted by atomic mass is 10.0. The predicted molar refractivity (Wildman–Crippen MR) is 79.2 cm³/mol. The van der Waals surface area contributed by atoms with Crippen LogP contribution in [0.15, 0.2) is 18.2 Å². The maximum absolute atomic E-state index is 14.1. The second-order valence-electron chi connectivity index (χ2n) is 5.30. The van der Waals surface area contributed by atoms with E-state index in [4.69, 9.17) is 5.73 Å². The van der Waals surface area contributed by atoms with Crippen molar-refractivity contribution in [2.75, 3.05) is 29.5 Å². The number of nitrogens with two attached hydrogens (primary N) is 1. The van der Waals surface area contributed by atoms with E-state index < -0.39 is 9.84 Å². The van der Waals surface area contributed by atoms with Gasteiger partial charge in [0.25, 0.3) is 0 Å². The van der Waals surface area contributed by atoms with Crippen molar-refractivity contribution in [3.63, 3.8) is 0 Å². The first-order chi connectivity index (χ1) is 9.41. The Labute approximate surface area is 119 Å². The largest absolute Gasteiger partial charge is 0.367 e. The quantitative estimate of drug-likeness (QED) is 0.911. The van der Waals surface area contributed by atoms with Gasteiger partial charge in [0.15, 0.2) is 9.84 Å². The summed E-state index contributed by atoms with van der Waals surface area (Å²) in [7, 11) is -2.94. The number of sulfone groups is 1. The molecule has 0 spiro atoms. The van der Waals surface area contributed by atoms with Crippen LogP contribution in [0.4, 0.5) is 10.1 Å². The van der Waals surface area contributed by atoms with Crippen LogP contribution in [0.3, 0.4) is 0 Å². The van der Waals surface area contributed by atoms with Gasteiger partial charge in [-0.1, -0.05) is 13.0 Å². The first-order valence-corrected chi connectivity index (χ1v) is 8.73. The summed E-state index contributed by atoms with van der Waals surface area (Å²) in [5.74, 6) is -0.117. The molecule has 2 N–H and O–H groups in total. The number of hydrogen-bond donors (Lipinski definition) is 1. The zero-order chi connectivity index (χ0) is 14.8. The van der Waals surface area contributed by atoms with Crippen molar-refractivity contribution in [2.45, 2.75) is 25.8 Å². The summed E-state index contributed by atoms with van der Waals surface area (Å²) < 4.78 is 36.9. The van der Waals surface area contributed by atoms with Crippen LogP contribution in [0, 0.1) is 5.82 Å². The monoisotopic (exact) mass is 300 g/mol. The van der Waals surface area contributed by atoms with Crippen molar-refractivity contribution in [2.24, 2.45) is 5.73 Å². The Bertz CT molecular complexity index is 561. The third-order valence-electron chi connectivity index (χ3n) is 3.72. The number of halogens is 1. The number of benzene rings is 1. The molecule has 0 saturated carbocycles. The molecule has 1 fully saturated rings. The zero-order valence-corrected chi connectivity index (χ0v) is 12.5. The van der Waals surface area contributed by atoms with Crippen molar-refractivity contribution >= 4 is 15.5 Å². The van der Waals surface area contributed by atoms with Crippen LogP contribution in [-0.2, 0) is 16.3 Å². The number of nitrogens with zero attached hydrogens (tertiary/aromatic N) is 1. The highest BCUT2D eigenvalue weighted by atomic mass is 32.2. The lowest BCUT2D eigenvalue weighted by Crippen LogP contribution is -2.40. The molecule has 0 aromatic heterocycles.